The monoisotopic (exact) mass is 269 g/mol. The van der Waals surface area contributed by atoms with Gasteiger partial charge in [0.15, 0.2) is 0 Å². The number of carbonyl (C=O) groups excluding carboxylic acids is 1. The lowest BCUT2D eigenvalue weighted by Gasteiger charge is -1.99. The third-order valence-corrected chi connectivity index (χ3v) is 2.58. The van der Waals surface area contributed by atoms with E-state index in [0.29, 0.717) is 5.56 Å². The fraction of sp³-hybridized carbons (Fsp3) is 0. The predicted molar refractivity (Wildman–Crippen MR) is 59.6 cm³/mol. The fourth-order valence-corrected chi connectivity index (χ4v) is 1.69. The van der Waals surface area contributed by atoms with Gasteiger partial charge in [0, 0.05) is 16.1 Å². The first-order valence-electron chi connectivity index (χ1n) is 3.92. The van der Waals surface area contributed by atoms with Crippen LogP contribution in [0.5, 0.6) is 0 Å². The molecule has 70 valence electrons. The fourth-order valence-electron chi connectivity index (χ4n) is 1.21. The number of benzene rings is 1. The van der Waals surface area contributed by atoms with Gasteiger partial charge in [0.2, 0.25) is 0 Å². The highest BCUT2D eigenvalue weighted by Crippen LogP contribution is 2.19. The first-order chi connectivity index (χ1) is 6.66. The highest BCUT2D eigenvalue weighted by Gasteiger charge is 2.03. The Hall–Kier alpha value is -0.930. The van der Waals surface area contributed by atoms with Crippen LogP contribution in [0, 0.1) is 0 Å². The van der Waals surface area contributed by atoms with Gasteiger partial charge in [-0.1, -0.05) is 15.9 Å². The lowest BCUT2D eigenvalue weighted by atomic mass is 10.2. The van der Waals surface area contributed by atoms with Crippen molar-refractivity contribution in [2.75, 3.05) is 0 Å². The van der Waals surface area contributed by atoms with Gasteiger partial charge < -0.3 is 0 Å². The minimum Gasteiger partial charge on any atom is -0.276 e. The van der Waals surface area contributed by atoms with Crippen LogP contribution in [0.15, 0.2) is 34.9 Å². The number of halogens is 2. The van der Waals surface area contributed by atoms with Crippen molar-refractivity contribution in [1.82, 2.24) is 4.98 Å². The first kappa shape index (κ1) is 9.62. The topological polar surface area (TPSA) is 30.0 Å². The van der Waals surface area contributed by atoms with Crippen molar-refractivity contribution in [3.63, 3.8) is 0 Å². The van der Waals surface area contributed by atoms with E-state index in [1.807, 2.05) is 18.2 Å². The van der Waals surface area contributed by atoms with Crippen LogP contribution >= 0.6 is 27.5 Å². The molecule has 0 atom stereocenters. The van der Waals surface area contributed by atoms with Crippen molar-refractivity contribution >= 4 is 43.7 Å². The minimum absolute atomic E-state index is 0.414. The summed E-state index contributed by atoms with van der Waals surface area (Å²) < 4.78 is 0.950. The molecule has 1 aromatic heterocycles. The van der Waals surface area contributed by atoms with Gasteiger partial charge in [0.1, 0.15) is 0 Å². The van der Waals surface area contributed by atoms with Gasteiger partial charge in [0.05, 0.1) is 11.1 Å². The molecule has 0 aliphatic heterocycles. The quantitative estimate of drug-likeness (QED) is 0.744. The standard InChI is InChI=1S/C10H5BrClNO/c11-8-1-2-9-6(4-8)3-7(5-13-9)10(12)14/h1-5H. The molecule has 1 heterocycles. The SMILES string of the molecule is O=C(Cl)c1cnc2ccc(Br)cc2c1. The average Bonchev–Trinajstić information content (AvgIpc) is 2.16. The van der Waals surface area contributed by atoms with Crippen molar-refractivity contribution in [3.05, 3.63) is 40.5 Å². The van der Waals surface area contributed by atoms with Gasteiger partial charge in [-0.05, 0) is 35.9 Å². The lowest BCUT2D eigenvalue weighted by molar-refractivity contribution is 0.108. The van der Waals surface area contributed by atoms with Gasteiger partial charge in [-0.25, -0.2) is 0 Å². The molecule has 2 rings (SSSR count). The zero-order valence-corrected chi connectivity index (χ0v) is 9.34. The molecular weight excluding hydrogens is 265 g/mol. The second-order valence-electron chi connectivity index (χ2n) is 2.83. The number of carbonyl (C=O) groups is 1. The van der Waals surface area contributed by atoms with Crippen LogP contribution in [0.4, 0.5) is 0 Å². The van der Waals surface area contributed by atoms with Crippen LogP contribution in [0.25, 0.3) is 10.9 Å². The maximum atomic E-state index is 10.9. The summed E-state index contributed by atoms with van der Waals surface area (Å²) in [5.74, 6) is 0. The maximum Gasteiger partial charge on any atom is 0.253 e. The molecule has 0 amide bonds. The largest absolute Gasteiger partial charge is 0.276 e. The van der Waals surface area contributed by atoms with Gasteiger partial charge in [-0.2, -0.15) is 0 Å². The maximum absolute atomic E-state index is 10.9. The van der Waals surface area contributed by atoms with Crippen molar-refractivity contribution in [3.8, 4) is 0 Å². The Balaban J connectivity index is 2.69. The molecule has 1 aromatic carbocycles. The summed E-state index contributed by atoms with van der Waals surface area (Å²) in [4.78, 5) is 15.0. The van der Waals surface area contributed by atoms with E-state index in [-0.39, 0.29) is 0 Å². The van der Waals surface area contributed by atoms with E-state index in [0.717, 1.165) is 15.4 Å². The van der Waals surface area contributed by atoms with Gasteiger partial charge in [0.25, 0.3) is 5.24 Å². The van der Waals surface area contributed by atoms with Crippen molar-refractivity contribution in [2.45, 2.75) is 0 Å². The average molecular weight is 271 g/mol. The predicted octanol–water partition coefficient (Wildman–Crippen LogP) is 3.38. The Morgan fingerprint density at radius 3 is 2.86 bits per heavy atom. The highest BCUT2D eigenvalue weighted by molar-refractivity contribution is 9.10. The molecule has 0 aliphatic carbocycles. The van der Waals surface area contributed by atoms with Gasteiger partial charge in [-0.15, -0.1) is 0 Å². The number of rotatable bonds is 1. The third-order valence-electron chi connectivity index (χ3n) is 1.87. The Morgan fingerprint density at radius 2 is 2.14 bits per heavy atom. The Labute approximate surface area is 94.0 Å². The summed E-state index contributed by atoms with van der Waals surface area (Å²) in [6.07, 6.45) is 1.48. The molecule has 0 spiro atoms. The van der Waals surface area contributed by atoms with Crippen LogP contribution in [0.1, 0.15) is 10.4 Å². The number of hydrogen-bond donors (Lipinski definition) is 0. The van der Waals surface area contributed by atoms with Crippen LogP contribution in [0.2, 0.25) is 0 Å². The number of fused-ring (bicyclic) bond motifs is 1. The number of nitrogens with zero attached hydrogens (tertiary/aromatic N) is 1. The molecule has 2 nitrogen and oxygen atoms in total. The lowest BCUT2D eigenvalue weighted by Crippen LogP contribution is -1.90. The van der Waals surface area contributed by atoms with E-state index in [4.69, 9.17) is 11.6 Å². The first-order valence-corrected chi connectivity index (χ1v) is 5.09. The van der Waals surface area contributed by atoms with Crippen LogP contribution in [0.3, 0.4) is 0 Å². The molecule has 0 bridgehead atoms. The van der Waals surface area contributed by atoms with E-state index in [9.17, 15) is 4.79 Å². The molecule has 0 unspecified atom stereocenters. The molecule has 0 fully saturated rings. The van der Waals surface area contributed by atoms with Crippen molar-refractivity contribution in [2.24, 2.45) is 0 Å². The second-order valence-corrected chi connectivity index (χ2v) is 4.09. The number of pyridine rings is 1. The van der Waals surface area contributed by atoms with E-state index in [2.05, 4.69) is 20.9 Å². The second kappa shape index (κ2) is 3.67. The Bertz CT molecular complexity index is 512. The minimum atomic E-state index is -0.487. The number of aromatic nitrogens is 1. The summed E-state index contributed by atoms with van der Waals surface area (Å²) in [6, 6.07) is 7.40. The summed E-state index contributed by atoms with van der Waals surface area (Å²) in [5.41, 5.74) is 1.26. The Kier molecular flexibility index (Phi) is 2.52. The smallest absolute Gasteiger partial charge is 0.253 e. The van der Waals surface area contributed by atoms with E-state index in [1.165, 1.54) is 6.20 Å². The molecule has 2 aromatic rings. The van der Waals surface area contributed by atoms with Gasteiger partial charge >= 0.3 is 0 Å². The molecule has 0 saturated carbocycles. The van der Waals surface area contributed by atoms with Crippen molar-refractivity contribution in [1.29, 1.82) is 0 Å². The van der Waals surface area contributed by atoms with Crippen LogP contribution in [-0.4, -0.2) is 10.2 Å². The number of hydrogen-bond acceptors (Lipinski definition) is 2. The summed E-state index contributed by atoms with van der Waals surface area (Å²) in [7, 11) is 0. The van der Waals surface area contributed by atoms with Crippen LogP contribution in [-0.2, 0) is 0 Å². The molecule has 0 saturated heterocycles. The molecule has 0 N–H and O–H groups in total. The zero-order chi connectivity index (χ0) is 10.1. The van der Waals surface area contributed by atoms with E-state index < -0.39 is 5.24 Å². The van der Waals surface area contributed by atoms with E-state index >= 15 is 0 Å². The molecular formula is C10H5BrClNO. The van der Waals surface area contributed by atoms with Crippen LogP contribution < -0.4 is 0 Å². The molecule has 0 aliphatic rings. The summed E-state index contributed by atoms with van der Waals surface area (Å²) in [6.45, 7) is 0. The third kappa shape index (κ3) is 1.79. The van der Waals surface area contributed by atoms with E-state index in [1.54, 1.807) is 6.07 Å². The van der Waals surface area contributed by atoms with Crippen molar-refractivity contribution < 1.29 is 4.79 Å². The molecule has 14 heavy (non-hydrogen) atoms. The Morgan fingerprint density at radius 1 is 1.36 bits per heavy atom. The summed E-state index contributed by atoms with van der Waals surface area (Å²) in [5, 5.41) is 0.408. The molecule has 0 radical (unpaired) electrons. The zero-order valence-electron chi connectivity index (χ0n) is 7.00. The highest BCUT2D eigenvalue weighted by atomic mass is 79.9. The normalized spacial score (nSPS) is 10.4. The summed E-state index contributed by atoms with van der Waals surface area (Å²) >= 11 is 8.70. The molecule has 4 heteroatoms. The van der Waals surface area contributed by atoms with Gasteiger partial charge in [-0.3, -0.25) is 9.78 Å².